The van der Waals surface area contributed by atoms with Gasteiger partial charge >= 0.3 is 0 Å². The second-order valence-electron chi connectivity index (χ2n) is 5.76. The number of aromatic nitrogens is 2. The minimum Gasteiger partial charge on any atom is -0.490 e. The third kappa shape index (κ3) is 2.52. The van der Waals surface area contributed by atoms with Crippen LogP contribution < -0.4 is 15.4 Å². The highest BCUT2D eigenvalue weighted by atomic mass is 16.5. The largest absolute Gasteiger partial charge is 0.490 e. The molecule has 0 spiro atoms. The lowest BCUT2D eigenvalue weighted by molar-refractivity contribution is -0.00559. The number of morpholine rings is 1. The van der Waals surface area contributed by atoms with Crippen LogP contribution in [-0.4, -0.2) is 42.4 Å². The lowest BCUT2D eigenvalue weighted by Gasteiger charge is -2.36. The second-order valence-corrected chi connectivity index (χ2v) is 5.76. The molecule has 110 valence electrons. The summed E-state index contributed by atoms with van der Waals surface area (Å²) in [5.41, 5.74) is 6.04. The average molecular weight is 278 g/mol. The van der Waals surface area contributed by atoms with Crippen LogP contribution in [-0.2, 0) is 4.74 Å². The van der Waals surface area contributed by atoms with Crippen LogP contribution in [0.2, 0.25) is 0 Å². The molecule has 2 N–H and O–H groups in total. The number of anilines is 2. The van der Waals surface area contributed by atoms with Crippen LogP contribution in [0.15, 0.2) is 0 Å². The molecular formula is C14H22N4O2. The number of hydrogen-bond donors (Lipinski definition) is 1. The van der Waals surface area contributed by atoms with Gasteiger partial charge in [-0.05, 0) is 26.7 Å². The van der Waals surface area contributed by atoms with E-state index in [4.69, 9.17) is 20.2 Å². The van der Waals surface area contributed by atoms with Crippen molar-refractivity contribution in [2.45, 2.75) is 44.8 Å². The molecule has 1 aromatic heterocycles. The summed E-state index contributed by atoms with van der Waals surface area (Å²) in [4.78, 5) is 11.3. The summed E-state index contributed by atoms with van der Waals surface area (Å²) in [6.07, 6.45) is 2.65. The molecule has 0 aromatic carbocycles. The van der Waals surface area contributed by atoms with Crippen molar-refractivity contribution in [1.82, 2.24) is 9.97 Å². The predicted molar refractivity (Wildman–Crippen MR) is 77.2 cm³/mol. The Kier molecular flexibility index (Phi) is 3.41. The van der Waals surface area contributed by atoms with Gasteiger partial charge in [-0.2, -0.15) is 0 Å². The third-order valence-electron chi connectivity index (χ3n) is 3.76. The number of nitrogens with zero attached hydrogens (tertiary/aromatic N) is 3. The van der Waals surface area contributed by atoms with E-state index in [9.17, 15) is 0 Å². The zero-order chi connectivity index (χ0) is 14.3. The van der Waals surface area contributed by atoms with E-state index in [1.165, 1.54) is 0 Å². The molecule has 0 bridgehead atoms. The Bertz CT molecular complexity index is 494. The molecule has 1 saturated heterocycles. The number of nitrogens with two attached hydrogens (primary N) is 1. The summed E-state index contributed by atoms with van der Waals surface area (Å²) >= 11 is 0. The maximum Gasteiger partial charge on any atom is 0.204 e. The average Bonchev–Trinajstić information content (AvgIpc) is 3.20. The predicted octanol–water partition coefficient (Wildman–Crippen LogP) is 1.56. The summed E-state index contributed by atoms with van der Waals surface area (Å²) in [6, 6.07) is 0. The van der Waals surface area contributed by atoms with Gasteiger partial charge in [-0.3, -0.25) is 0 Å². The standard InChI is InChI=1S/C14H22N4O2/c1-8-6-18(7-9(2)20-8)14-11(19-3)12(15)16-13(17-14)10-4-5-10/h8-10H,4-7H2,1-3H3,(H2,15,16,17)/t8-,9+. The van der Waals surface area contributed by atoms with E-state index in [1.807, 2.05) is 0 Å². The van der Waals surface area contributed by atoms with E-state index in [-0.39, 0.29) is 12.2 Å². The van der Waals surface area contributed by atoms with Crippen molar-refractivity contribution in [3.05, 3.63) is 5.82 Å². The van der Waals surface area contributed by atoms with Crippen LogP contribution in [0.3, 0.4) is 0 Å². The molecule has 6 heteroatoms. The maximum atomic E-state index is 6.04. The van der Waals surface area contributed by atoms with Gasteiger partial charge in [0.1, 0.15) is 5.82 Å². The molecule has 1 saturated carbocycles. The number of nitrogen functional groups attached to an aromatic ring is 1. The highest BCUT2D eigenvalue weighted by Gasteiger charge is 2.31. The van der Waals surface area contributed by atoms with Crippen LogP contribution in [0, 0.1) is 0 Å². The summed E-state index contributed by atoms with van der Waals surface area (Å²) in [5, 5.41) is 0. The molecule has 6 nitrogen and oxygen atoms in total. The van der Waals surface area contributed by atoms with E-state index >= 15 is 0 Å². The Morgan fingerprint density at radius 3 is 2.40 bits per heavy atom. The fraction of sp³-hybridized carbons (Fsp3) is 0.714. The van der Waals surface area contributed by atoms with E-state index in [0.29, 0.717) is 17.5 Å². The topological polar surface area (TPSA) is 73.5 Å². The van der Waals surface area contributed by atoms with E-state index in [2.05, 4.69) is 23.7 Å². The quantitative estimate of drug-likeness (QED) is 0.904. The van der Waals surface area contributed by atoms with Gasteiger partial charge < -0.3 is 20.1 Å². The highest BCUT2D eigenvalue weighted by molar-refractivity contribution is 5.64. The molecule has 0 amide bonds. The van der Waals surface area contributed by atoms with Gasteiger partial charge in [0.2, 0.25) is 5.75 Å². The third-order valence-corrected chi connectivity index (χ3v) is 3.76. The van der Waals surface area contributed by atoms with Gasteiger partial charge in [0.05, 0.1) is 19.3 Å². The van der Waals surface area contributed by atoms with Crippen LogP contribution in [0.1, 0.15) is 38.4 Å². The molecule has 0 radical (unpaired) electrons. The monoisotopic (exact) mass is 278 g/mol. The smallest absolute Gasteiger partial charge is 0.204 e. The SMILES string of the molecule is COc1c(N)nc(C2CC2)nc1N1C[C@@H](C)O[C@@H](C)C1. The number of methoxy groups -OCH3 is 1. The zero-order valence-electron chi connectivity index (χ0n) is 12.3. The van der Waals surface area contributed by atoms with Crippen molar-refractivity contribution in [2.75, 3.05) is 30.8 Å². The molecule has 3 rings (SSSR count). The maximum absolute atomic E-state index is 6.04. The van der Waals surface area contributed by atoms with Crippen LogP contribution >= 0.6 is 0 Å². The normalized spacial score (nSPS) is 26.6. The van der Waals surface area contributed by atoms with E-state index in [0.717, 1.165) is 37.6 Å². The van der Waals surface area contributed by atoms with Crippen molar-refractivity contribution in [1.29, 1.82) is 0 Å². The Balaban J connectivity index is 1.97. The lowest BCUT2D eigenvalue weighted by Crippen LogP contribution is -2.46. The summed E-state index contributed by atoms with van der Waals surface area (Å²) in [7, 11) is 1.61. The van der Waals surface area contributed by atoms with Gasteiger partial charge in [-0.15, -0.1) is 0 Å². The van der Waals surface area contributed by atoms with E-state index < -0.39 is 0 Å². The molecule has 2 aliphatic rings. The first-order valence-corrected chi connectivity index (χ1v) is 7.20. The summed E-state index contributed by atoms with van der Waals surface area (Å²) in [5.74, 6) is 3.15. The van der Waals surface area contributed by atoms with Gasteiger partial charge in [-0.25, -0.2) is 9.97 Å². The fourth-order valence-electron chi connectivity index (χ4n) is 2.76. The molecule has 1 aliphatic heterocycles. The van der Waals surface area contributed by atoms with Crippen molar-refractivity contribution in [3.8, 4) is 5.75 Å². The Morgan fingerprint density at radius 1 is 1.20 bits per heavy atom. The van der Waals surface area contributed by atoms with Crippen molar-refractivity contribution in [3.63, 3.8) is 0 Å². The second kappa shape index (κ2) is 5.09. The summed E-state index contributed by atoms with van der Waals surface area (Å²) < 4.78 is 11.2. The first-order chi connectivity index (χ1) is 9.58. The number of hydrogen-bond acceptors (Lipinski definition) is 6. The zero-order valence-corrected chi connectivity index (χ0v) is 12.3. The van der Waals surface area contributed by atoms with Gasteiger partial charge in [0, 0.05) is 19.0 Å². The molecule has 2 fully saturated rings. The first kappa shape index (κ1) is 13.4. The first-order valence-electron chi connectivity index (χ1n) is 7.20. The molecule has 1 aromatic rings. The van der Waals surface area contributed by atoms with Gasteiger partial charge in [0.15, 0.2) is 11.6 Å². The Hall–Kier alpha value is -1.56. The van der Waals surface area contributed by atoms with Crippen LogP contribution in [0.4, 0.5) is 11.6 Å². The molecule has 1 aliphatic carbocycles. The van der Waals surface area contributed by atoms with Gasteiger partial charge in [0.25, 0.3) is 0 Å². The minimum atomic E-state index is 0.170. The number of rotatable bonds is 3. The molecule has 2 heterocycles. The Labute approximate surface area is 119 Å². The van der Waals surface area contributed by atoms with Crippen LogP contribution in [0.5, 0.6) is 5.75 Å². The van der Waals surface area contributed by atoms with Crippen molar-refractivity contribution in [2.24, 2.45) is 0 Å². The summed E-state index contributed by atoms with van der Waals surface area (Å²) in [6.45, 7) is 5.73. The van der Waals surface area contributed by atoms with Crippen molar-refractivity contribution < 1.29 is 9.47 Å². The fourth-order valence-corrected chi connectivity index (χ4v) is 2.76. The molecule has 0 unspecified atom stereocenters. The highest BCUT2D eigenvalue weighted by Crippen LogP contribution is 2.41. The molecule has 2 atom stereocenters. The lowest BCUT2D eigenvalue weighted by atomic mass is 10.2. The minimum absolute atomic E-state index is 0.170. The van der Waals surface area contributed by atoms with Gasteiger partial charge in [-0.1, -0.05) is 0 Å². The van der Waals surface area contributed by atoms with E-state index in [1.54, 1.807) is 7.11 Å². The van der Waals surface area contributed by atoms with Crippen molar-refractivity contribution >= 4 is 11.6 Å². The Morgan fingerprint density at radius 2 is 1.85 bits per heavy atom. The number of ether oxygens (including phenoxy) is 2. The molecule has 20 heavy (non-hydrogen) atoms. The molecular weight excluding hydrogens is 256 g/mol. The van der Waals surface area contributed by atoms with Crippen LogP contribution in [0.25, 0.3) is 0 Å².